The van der Waals surface area contributed by atoms with E-state index in [9.17, 15) is 22.8 Å². The second kappa shape index (κ2) is 6.97. The van der Waals surface area contributed by atoms with Crippen molar-refractivity contribution in [1.29, 1.82) is 0 Å². The van der Waals surface area contributed by atoms with Crippen molar-refractivity contribution in [2.24, 2.45) is 0 Å². The van der Waals surface area contributed by atoms with E-state index < -0.39 is 24.5 Å². The van der Waals surface area contributed by atoms with Gasteiger partial charge in [-0.15, -0.1) is 0 Å². The summed E-state index contributed by atoms with van der Waals surface area (Å²) in [7, 11) is 0. The van der Waals surface area contributed by atoms with Crippen molar-refractivity contribution < 1.29 is 27.6 Å². The summed E-state index contributed by atoms with van der Waals surface area (Å²) in [5, 5.41) is 2.40. The molecule has 0 atom stereocenters. The summed E-state index contributed by atoms with van der Waals surface area (Å²) >= 11 is 0. The summed E-state index contributed by atoms with van der Waals surface area (Å²) in [6.45, 7) is 1.01. The molecule has 0 bridgehead atoms. The third-order valence-electron chi connectivity index (χ3n) is 3.22. The van der Waals surface area contributed by atoms with Crippen molar-refractivity contribution in [3.05, 3.63) is 29.3 Å². The predicted molar refractivity (Wildman–Crippen MR) is 75.0 cm³/mol. The monoisotopic (exact) mass is 331 g/mol. The van der Waals surface area contributed by atoms with Gasteiger partial charge in [-0.05, 0) is 24.1 Å². The number of carbonyl (C=O) groups is 2. The Kier molecular flexibility index (Phi) is 5.22. The predicted octanol–water partition coefficient (Wildman–Crippen LogP) is 1.57. The van der Waals surface area contributed by atoms with Gasteiger partial charge in [0, 0.05) is 18.8 Å². The molecule has 2 rings (SSSR count). The standard InChI is InChI=1S/C14H16F3N3O3/c1-2-23-19-13(22)12(21)18-11-5-3-4-9-6-20(7-10(9)11)8-14(15,16)17/h3-5H,2,6-8H2,1H3,(H,18,21)(H,19,22). The first-order valence-electron chi connectivity index (χ1n) is 6.93. The zero-order chi connectivity index (χ0) is 17.0. The number of rotatable bonds is 4. The van der Waals surface area contributed by atoms with Crippen LogP contribution in [-0.4, -0.2) is 36.0 Å². The highest BCUT2D eigenvalue weighted by Crippen LogP contribution is 2.31. The van der Waals surface area contributed by atoms with Crippen LogP contribution >= 0.6 is 0 Å². The SMILES string of the molecule is CCONC(=O)C(=O)Nc1cccc2c1CN(CC(F)(F)F)C2. The lowest BCUT2D eigenvalue weighted by molar-refractivity contribution is -0.147. The van der Waals surface area contributed by atoms with Gasteiger partial charge in [0.25, 0.3) is 0 Å². The van der Waals surface area contributed by atoms with Gasteiger partial charge in [-0.2, -0.15) is 13.2 Å². The average Bonchev–Trinajstić information content (AvgIpc) is 2.85. The number of amides is 2. The molecular formula is C14H16F3N3O3. The zero-order valence-electron chi connectivity index (χ0n) is 12.4. The van der Waals surface area contributed by atoms with Crippen molar-refractivity contribution in [3.8, 4) is 0 Å². The van der Waals surface area contributed by atoms with E-state index >= 15 is 0 Å². The Balaban J connectivity index is 2.06. The van der Waals surface area contributed by atoms with E-state index in [1.165, 1.54) is 4.90 Å². The molecule has 9 heteroatoms. The minimum atomic E-state index is -4.29. The fourth-order valence-corrected chi connectivity index (χ4v) is 2.34. The molecule has 1 heterocycles. The molecular weight excluding hydrogens is 315 g/mol. The molecule has 0 fully saturated rings. The number of fused-ring (bicyclic) bond motifs is 1. The van der Waals surface area contributed by atoms with E-state index in [1.54, 1.807) is 25.1 Å². The minimum absolute atomic E-state index is 0.0539. The Hall–Kier alpha value is -2.13. The van der Waals surface area contributed by atoms with E-state index in [0.717, 1.165) is 0 Å². The van der Waals surface area contributed by atoms with Crippen LogP contribution in [-0.2, 0) is 27.5 Å². The van der Waals surface area contributed by atoms with Gasteiger partial charge in [0.15, 0.2) is 0 Å². The van der Waals surface area contributed by atoms with Crippen LogP contribution in [0.2, 0.25) is 0 Å². The Morgan fingerprint density at radius 3 is 2.65 bits per heavy atom. The van der Waals surface area contributed by atoms with Gasteiger partial charge in [-0.3, -0.25) is 19.3 Å². The number of benzene rings is 1. The molecule has 1 aliphatic heterocycles. The molecule has 2 amide bonds. The van der Waals surface area contributed by atoms with Crippen molar-refractivity contribution in [2.45, 2.75) is 26.2 Å². The summed E-state index contributed by atoms with van der Waals surface area (Å²) in [5.74, 6) is -1.92. The number of hydrogen-bond acceptors (Lipinski definition) is 4. The molecule has 0 spiro atoms. The van der Waals surface area contributed by atoms with Crippen LogP contribution in [0.5, 0.6) is 0 Å². The zero-order valence-corrected chi connectivity index (χ0v) is 12.4. The van der Waals surface area contributed by atoms with E-state index in [4.69, 9.17) is 0 Å². The van der Waals surface area contributed by atoms with E-state index in [-0.39, 0.29) is 19.7 Å². The highest BCUT2D eigenvalue weighted by Gasteiger charge is 2.34. The number of nitrogens with zero attached hydrogens (tertiary/aromatic N) is 1. The van der Waals surface area contributed by atoms with Crippen LogP contribution < -0.4 is 10.8 Å². The fourth-order valence-electron chi connectivity index (χ4n) is 2.34. The van der Waals surface area contributed by atoms with Gasteiger partial charge >= 0.3 is 18.0 Å². The normalized spacial score (nSPS) is 14.4. The van der Waals surface area contributed by atoms with Gasteiger partial charge in [0.2, 0.25) is 0 Å². The number of alkyl halides is 3. The molecule has 0 aromatic heterocycles. The van der Waals surface area contributed by atoms with Crippen molar-refractivity contribution in [3.63, 3.8) is 0 Å². The maximum atomic E-state index is 12.5. The molecule has 126 valence electrons. The van der Waals surface area contributed by atoms with Crippen molar-refractivity contribution in [1.82, 2.24) is 10.4 Å². The lowest BCUT2D eigenvalue weighted by atomic mass is 10.1. The van der Waals surface area contributed by atoms with Gasteiger partial charge in [0.05, 0.1) is 13.2 Å². The van der Waals surface area contributed by atoms with Crippen LogP contribution in [0.3, 0.4) is 0 Å². The molecule has 2 N–H and O–H groups in total. The highest BCUT2D eigenvalue weighted by molar-refractivity contribution is 6.39. The van der Waals surface area contributed by atoms with E-state index in [0.29, 0.717) is 16.8 Å². The molecule has 1 aliphatic rings. The summed E-state index contributed by atoms with van der Waals surface area (Å²) in [6, 6.07) is 4.86. The van der Waals surface area contributed by atoms with Crippen LogP contribution in [0.15, 0.2) is 18.2 Å². The maximum absolute atomic E-state index is 12.5. The molecule has 1 aromatic carbocycles. The van der Waals surface area contributed by atoms with Crippen LogP contribution in [0.4, 0.5) is 18.9 Å². The third kappa shape index (κ3) is 4.67. The molecule has 0 aliphatic carbocycles. The number of nitrogens with one attached hydrogen (secondary N) is 2. The summed E-state index contributed by atoms with van der Waals surface area (Å²) in [5.41, 5.74) is 3.54. The Labute approximate surface area is 130 Å². The largest absolute Gasteiger partial charge is 0.401 e. The molecule has 0 saturated heterocycles. The Morgan fingerprint density at radius 2 is 2.00 bits per heavy atom. The molecule has 6 nitrogen and oxygen atoms in total. The molecule has 0 radical (unpaired) electrons. The minimum Gasteiger partial charge on any atom is -0.317 e. The quantitative estimate of drug-likeness (QED) is 0.649. The van der Waals surface area contributed by atoms with Gasteiger partial charge in [-0.1, -0.05) is 12.1 Å². The highest BCUT2D eigenvalue weighted by atomic mass is 19.4. The summed E-state index contributed by atoms with van der Waals surface area (Å²) in [6.07, 6.45) is -4.29. The topological polar surface area (TPSA) is 70.7 Å². The summed E-state index contributed by atoms with van der Waals surface area (Å²) in [4.78, 5) is 29.0. The first kappa shape index (κ1) is 17.2. The number of hydrogen-bond donors (Lipinski definition) is 2. The Bertz CT molecular complexity index is 605. The second-order valence-corrected chi connectivity index (χ2v) is 5.02. The Morgan fingerprint density at radius 1 is 1.26 bits per heavy atom. The smallest absolute Gasteiger partial charge is 0.317 e. The number of carbonyl (C=O) groups excluding carboxylic acids is 2. The first-order valence-corrected chi connectivity index (χ1v) is 6.93. The molecule has 23 heavy (non-hydrogen) atoms. The van der Waals surface area contributed by atoms with Gasteiger partial charge < -0.3 is 5.32 Å². The van der Waals surface area contributed by atoms with Crippen molar-refractivity contribution >= 4 is 17.5 Å². The number of anilines is 1. The third-order valence-corrected chi connectivity index (χ3v) is 3.22. The van der Waals surface area contributed by atoms with E-state index in [1.807, 2.05) is 5.48 Å². The number of halogens is 3. The number of hydroxylamine groups is 1. The van der Waals surface area contributed by atoms with Crippen molar-refractivity contribution in [2.75, 3.05) is 18.5 Å². The molecule has 1 aromatic rings. The second-order valence-electron chi connectivity index (χ2n) is 5.02. The lowest BCUT2D eigenvalue weighted by Crippen LogP contribution is -2.35. The summed E-state index contributed by atoms with van der Waals surface area (Å²) < 4.78 is 37.5. The fraction of sp³-hybridized carbons (Fsp3) is 0.429. The average molecular weight is 331 g/mol. The lowest BCUT2D eigenvalue weighted by Gasteiger charge is -2.16. The van der Waals surface area contributed by atoms with Crippen LogP contribution in [0.1, 0.15) is 18.1 Å². The molecule has 0 unspecified atom stereocenters. The van der Waals surface area contributed by atoms with Gasteiger partial charge in [0.1, 0.15) is 0 Å². The maximum Gasteiger partial charge on any atom is 0.401 e. The first-order chi connectivity index (χ1) is 10.8. The molecule has 0 saturated carbocycles. The van der Waals surface area contributed by atoms with Crippen LogP contribution in [0.25, 0.3) is 0 Å². The van der Waals surface area contributed by atoms with E-state index in [2.05, 4.69) is 10.2 Å². The van der Waals surface area contributed by atoms with Crippen LogP contribution in [0, 0.1) is 0 Å². The van der Waals surface area contributed by atoms with Gasteiger partial charge in [-0.25, -0.2) is 5.48 Å².